The van der Waals surface area contributed by atoms with E-state index in [1.807, 2.05) is 66.8 Å². The molecule has 1 fully saturated rings. The van der Waals surface area contributed by atoms with Crippen molar-refractivity contribution in [3.63, 3.8) is 0 Å². The van der Waals surface area contributed by atoms with Gasteiger partial charge in [-0.2, -0.15) is 5.10 Å². The highest BCUT2D eigenvalue weighted by atomic mass is 16.5. The van der Waals surface area contributed by atoms with Crippen molar-refractivity contribution in [3.8, 4) is 0 Å². The first-order valence-electron chi connectivity index (χ1n) is 15.6. The SMILES string of the molecule is C1=CCN=C1.C1=CCN=C1.C1=c2ccccc2=NC1.C1=c2cccnc2=NC1.C1COCCN1.c1cnc2c(c1)=NCN=2.c1nc[nH]n1. The number of morpholine rings is 1. The molecule has 48 heavy (non-hydrogen) atoms. The van der Waals surface area contributed by atoms with Crippen LogP contribution in [0.5, 0.6) is 0 Å². The van der Waals surface area contributed by atoms with Gasteiger partial charge in [-0.3, -0.25) is 30.1 Å². The van der Waals surface area contributed by atoms with Crippen LogP contribution < -0.4 is 37.4 Å². The highest BCUT2D eigenvalue weighted by Crippen LogP contribution is 1.81. The maximum Gasteiger partial charge on any atom is 0.174 e. The Morgan fingerprint density at radius 1 is 0.625 bits per heavy atom. The summed E-state index contributed by atoms with van der Waals surface area (Å²) in [5.41, 5.74) is 1.66. The lowest BCUT2D eigenvalue weighted by Crippen LogP contribution is -2.30. The number of para-hydroxylation sites is 1. The molecule has 0 spiro atoms. The van der Waals surface area contributed by atoms with Crippen molar-refractivity contribution >= 4 is 24.6 Å². The van der Waals surface area contributed by atoms with Gasteiger partial charge in [-0.1, -0.05) is 42.5 Å². The van der Waals surface area contributed by atoms with Crippen molar-refractivity contribution in [1.29, 1.82) is 0 Å². The Morgan fingerprint density at radius 3 is 1.85 bits per heavy atom. The molecule has 6 aliphatic rings. The quantitative estimate of drug-likeness (QED) is 0.264. The smallest absolute Gasteiger partial charge is 0.174 e. The summed E-state index contributed by atoms with van der Waals surface area (Å²) in [7, 11) is 0. The molecule has 0 amide bonds. The lowest BCUT2D eigenvalue weighted by Gasteiger charge is -2.10. The molecule has 0 atom stereocenters. The molecule has 1 saturated heterocycles. The zero-order valence-electron chi connectivity index (χ0n) is 26.8. The van der Waals surface area contributed by atoms with Crippen molar-refractivity contribution in [3.05, 3.63) is 130 Å². The van der Waals surface area contributed by atoms with E-state index in [2.05, 4.69) is 78.6 Å². The number of ether oxygens (including phenoxy) is 1. The van der Waals surface area contributed by atoms with E-state index >= 15 is 0 Å². The zero-order valence-corrected chi connectivity index (χ0v) is 26.8. The molecule has 1 aromatic carbocycles. The van der Waals surface area contributed by atoms with E-state index in [0.29, 0.717) is 6.67 Å². The second kappa shape index (κ2) is 22.8. The van der Waals surface area contributed by atoms with E-state index in [-0.39, 0.29) is 0 Å². The van der Waals surface area contributed by atoms with Crippen LogP contribution >= 0.6 is 0 Å². The molecule has 0 aliphatic carbocycles. The number of rotatable bonds is 0. The second-order valence-electron chi connectivity index (χ2n) is 9.77. The van der Waals surface area contributed by atoms with Gasteiger partial charge < -0.3 is 10.1 Å². The number of nitrogens with one attached hydrogen (secondary N) is 2. The second-order valence-corrected chi connectivity index (χ2v) is 9.77. The largest absolute Gasteiger partial charge is 0.379 e. The third-order valence-electron chi connectivity index (χ3n) is 6.36. The summed E-state index contributed by atoms with van der Waals surface area (Å²) < 4.78 is 5.01. The minimum absolute atomic E-state index is 0.548. The average Bonchev–Trinajstić information content (AvgIpc) is 4.03. The van der Waals surface area contributed by atoms with Gasteiger partial charge >= 0.3 is 0 Å². The molecule has 0 bridgehead atoms. The molecular formula is C35H40N12O. The van der Waals surface area contributed by atoms with Gasteiger partial charge in [0.2, 0.25) is 0 Å². The number of aliphatic imine (C=N–C) groups is 2. The fourth-order valence-electron chi connectivity index (χ4n) is 4.08. The van der Waals surface area contributed by atoms with Gasteiger partial charge in [-0.15, -0.1) is 0 Å². The molecule has 0 unspecified atom stereocenters. The summed E-state index contributed by atoms with van der Waals surface area (Å²) in [5, 5.41) is 13.6. The maximum absolute atomic E-state index is 5.01. The molecule has 9 heterocycles. The van der Waals surface area contributed by atoms with Crippen molar-refractivity contribution < 1.29 is 4.74 Å². The van der Waals surface area contributed by atoms with E-state index in [1.54, 1.807) is 24.8 Å². The predicted octanol–water partition coefficient (Wildman–Crippen LogP) is -0.448. The molecule has 3 aromatic heterocycles. The van der Waals surface area contributed by atoms with E-state index in [9.17, 15) is 0 Å². The van der Waals surface area contributed by atoms with E-state index in [0.717, 1.165) is 79.4 Å². The number of pyridine rings is 2. The van der Waals surface area contributed by atoms with Crippen LogP contribution in [0.25, 0.3) is 12.2 Å². The summed E-state index contributed by atoms with van der Waals surface area (Å²) >= 11 is 0. The first-order chi connectivity index (χ1) is 23.9. The number of hydrogen-bond acceptors (Lipinski definition) is 12. The third-order valence-corrected chi connectivity index (χ3v) is 6.36. The third kappa shape index (κ3) is 14.2. The van der Waals surface area contributed by atoms with Gasteiger partial charge in [-0.25, -0.2) is 19.9 Å². The normalized spacial score (nSPS) is 15.2. The van der Waals surface area contributed by atoms with E-state index in [1.165, 1.54) is 17.9 Å². The number of aromatic nitrogens is 5. The van der Waals surface area contributed by atoms with Gasteiger partial charge in [-0.05, 0) is 47.7 Å². The van der Waals surface area contributed by atoms with E-state index in [4.69, 9.17) is 4.74 Å². The van der Waals surface area contributed by atoms with Crippen molar-refractivity contribution in [2.45, 2.75) is 0 Å². The lowest BCUT2D eigenvalue weighted by molar-refractivity contribution is 0.109. The monoisotopic (exact) mass is 644 g/mol. The van der Waals surface area contributed by atoms with Gasteiger partial charge in [0.25, 0.3) is 0 Å². The molecule has 4 aromatic rings. The summed E-state index contributed by atoms with van der Waals surface area (Å²) in [6, 6.07) is 15.9. The number of allylic oxidation sites excluding steroid dienone is 2. The van der Waals surface area contributed by atoms with Gasteiger partial charge in [0.1, 0.15) is 24.7 Å². The topological polar surface area (TPSA) is 163 Å². The van der Waals surface area contributed by atoms with Crippen molar-refractivity contribution in [1.82, 2.24) is 30.5 Å². The van der Waals surface area contributed by atoms with Crippen LogP contribution in [-0.2, 0) is 4.74 Å². The van der Waals surface area contributed by atoms with Crippen LogP contribution in [0.15, 0.2) is 128 Å². The molecule has 2 N–H and O–H groups in total. The van der Waals surface area contributed by atoms with Crippen LogP contribution in [0.4, 0.5) is 0 Å². The first-order valence-corrected chi connectivity index (χ1v) is 15.6. The Labute approximate surface area is 278 Å². The van der Waals surface area contributed by atoms with Gasteiger partial charge in [0.05, 0.1) is 44.8 Å². The standard InChI is InChI=1S/C8H7N.C7H6N2.C6H5N3.C4H9NO.2C4H5N.C2H3N3/c1-2-4-8-7(3-1)5-6-9-8;1-2-6-3-5-9-7(6)8-4-1;1-2-5-6(7-3-1)9-4-8-5;1-3-6-4-2-5-1;2*1-2-4-5-3-1;1-3-2-5-4-1/h1-5H,6H2;1-4H,5H2;1-3H,4H2;5H,1-4H2;2*1-3H,4H2;1-2H,(H,3,4,5). The molecule has 246 valence electrons. The fraction of sp³-hybridized carbons (Fsp3) is 0.257. The average molecular weight is 645 g/mol. The Balaban J connectivity index is 0.000000129. The maximum atomic E-state index is 5.01. The zero-order chi connectivity index (χ0) is 33.2. The Hall–Kier alpha value is -5.66. The lowest BCUT2D eigenvalue weighted by atomic mass is 10.3. The van der Waals surface area contributed by atoms with Crippen molar-refractivity contribution in [2.24, 2.45) is 30.0 Å². The van der Waals surface area contributed by atoms with Gasteiger partial charge in [0, 0.05) is 43.1 Å². The molecule has 13 heteroatoms. The highest BCUT2D eigenvalue weighted by Gasteiger charge is 1.94. The Kier molecular flexibility index (Phi) is 16.7. The highest BCUT2D eigenvalue weighted by molar-refractivity contribution is 5.73. The van der Waals surface area contributed by atoms with Crippen LogP contribution in [0.1, 0.15) is 0 Å². The summed E-state index contributed by atoms with van der Waals surface area (Å²) in [4.78, 5) is 35.8. The Morgan fingerprint density at radius 2 is 1.31 bits per heavy atom. The summed E-state index contributed by atoms with van der Waals surface area (Å²) in [6.45, 7) is 7.82. The van der Waals surface area contributed by atoms with Gasteiger partial charge in [0.15, 0.2) is 11.0 Å². The van der Waals surface area contributed by atoms with Crippen LogP contribution in [0.2, 0.25) is 0 Å². The van der Waals surface area contributed by atoms with E-state index < -0.39 is 0 Å². The molecule has 0 saturated carbocycles. The Bertz CT molecular complexity index is 1650. The summed E-state index contributed by atoms with van der Waals surface area (Å²) in [5.74, 6) is 0. The number of aromatic amines is 1. The first kappa shape index (κ1) is 35.2. The number of H-pyrrole nitrogens is 1. The molecule has 13 nitrogen and oxygen atoms in total. The number of benzene rings is 1. The minimum atomic E-state index is 0.548. The number of hydrogen-bond donors (Lipinski definition) is 2. The summed E-state index contributed by atoms with van der Waals surface area (Å²) in [6.07, 6.45) is 22.2. The van der Waals surface area contributed by atoms with Crippen LogP contribution in [0, 0.1) is 0 Å². The fourth-order valence-corrected chi connectivity index (χ4v) is 4.08. The molecular weight excluding hydrogens is 604 g/mol. The predicted molar refractivity (Wildman–Crippen MR) is 187 cm³/mol. The molecule has 0 radical (unpaired) electrons. The van der Waals surface area contributed by atoms with Crippen LogP contribution in [0.3, 0.4) is 0 Å². The molecule has 6 aliphatic heterocycles. The van der Waals surface area contributed by atoms with Crippen LogP contribution in [-0.4, -0.2) is 96.7 Å². The van der Waals surface area contributed by atoms with Crippen molar-refractivity contribution in [2.75, 3.05) is 59.2 Å². The number of fused-ring (bicyclic) bond motifs is 3. The molecule has 10 rings (SSSR count). The number of nitrogens with zero attached hydrogens (tertiary/aromatic N) is 10. The minimum Gasteiger partial charge on any atom is -0.379 e.